The molecule has 0 radical (unpaired) electrons. The number of hydrogen-bond donors (Lipinski definition) is 5. The van der Waals surface area contributed by atoms with Crippen LogP contribution in [0.5, 0.6) is 0 Å². The fourth-order valence-electron chi connectivity index (χ4n) is 4.32. The molecule has 13 heteroatoms. The lowest BCUT2D eigenvalue weighted by molar-refractivity contribution is -0.144. The van der Waals surface area contributed by atoms with Crippen LogP contribution in [0.15, 0.2) is 30.3 Å². The predicted molar refractivity (Wildman–Crippen MR) is 145 cm³/mol. The third-order valence-corrected chi connectivity index (χ3v) is 7.01. The van der Waals surface area contributed by atoms with Crippen LogP contribution in [0, 0.1) is 17.8 Å². The summed E-state index contributed by atoms with van der Waals surface area (Å²) >= 11 is 0. The van der Waals surface area contributed by atoms with Crippen LogP contribution in [0.3, 0.4) is 0 Å². The van der Waals surface area contributed by atoms with Gasteiger partial charge in [-0.05, 0) is 45.6 Å². The molecule has 40 heavy (non-hydrogen) atoms. The van der Waals surface area contributed by atoms with Gasteiger partial charge in [-0.25, -0.2) is 20.1 Å². The molecule has 0 saturated carbocycles. The SMILES string of the molecule is CC(C)C[C@H](C(=O)NN(Cc1ccccc1)C(=O)NC(C)(C)CO)C(CN1C(=O)N(C)C(C)(C)C1=O)C(=O)NO. The minimum atomic E-state index is -1.32. The predicted octanol–water partition coefficient (Wildman–Crippen LogP) is 1.46. The molecule has 0 aromatic heterocycles. The minimum absolute atomic E-state index is 0.0345. The highest BCUT2D eigenvalue weighted by molar-refractivity contribution is 6.06. The third-order valence-electron chi connectivity index (χ3n) is 7.01. The zero-order valence-corrected chi connectivity index (χ0v) is 24.2. The zero-order chi connectivity index (χ0) is 30.4. The number of amides is 7. The van der Waals surface area contributed by atoms with E-state index in [0.717, 1.165) is 9.91 Å². The number of aliphatic hydroxyl groups excluding tert-OH is 1. The molecule has 7 amide bonds. The lowest BCUT2D eigenvalue weighted by Gasteiger charge is -2.33. The number of nitrogens with one attached hydrogen (secondary N) is 3. The first kappa shape index (κ1) is 32.5. The number of rotatable bonds is 11. The molecule has 13 nitrogen and oxygen atoms in total. The Morgan fingerprint density at radius 2 is 1.65 bits per heavy atom. The maximum absolute atomic E-state index is 13.8. The van der Waals surface area contributed by atoms with Gasteiger partial charge in [0.1, 0.15) is 5.54 Å². The van der Waals surface area contributed by atoms with Crippen LogP contribution in [-0.4, -0.2) is 86.2 Å². The highest BCUT2D eigenvalue weighted by Gasteiger charge is 2.51. The standard InChI is InChI=1S/C27H42N6O7/c1-17(2)13-19(20(22(36)30-40)15-32-23(37)27(5,6)31(7)25(32)39)21(35)29-33(14-18-11-9-8-10-12-18)24(38)28-26(3,4)16-34/h8-12,17,19-20,34,40H,13-16H2,1-7H3,(H,28,38)(H,29,35)(H,30,36)/t19-,20?/m0/s1. The Hall–Kier alpha value is -3.71. The highest BCUT2D eigenvalue weighted by Crippen LogP contribution is 2.30. The molecule has 1 aromatic carbocycles. The monoisotopic (exact) mass is 562 g/mol. The number of benzene rings is 1. The average molecular weight is 563 g/mol. The van der Waals surface area contributed by atoms with E-state index in [1.807, 2.05) is 13.8 Å². The minimum Gasteiger partial charge on any atom is -0.394 e. The lowest BCUT2D eigenvalue weighted by atomic mass is 9.83. The molecule has 1 aliphatic heterocycles. The van der Waals surface area contributed by atoms with Gasteiger partial charge in [-0.1, -0.05) is 44.2 Å². The Morgan fingerprint density at radius 3 is 2.12 bits per heavy atom. The van der Waals surface area contributed by atoms with E-state index in [1.165, 1.54) is 11.9 Å². The van der Waals surface area contributed by atoms with Crippen LogP contribution in [0.2, 0.25) is 0 Å². The topological polar surface area (TPSA) is 172 Å². The molecule has 0 bridgehead atoms. The van der Waals surface area contributed by atoms with Gasteiger partial charge in [0.15, 0.2) is 0 Å². The molecule has 5 N–H and O–H groups in total. The van der Waals surface area contributed by atoms with Gasteiger partial charge in [0, 0.05) is 13.6 Å². The van der Waals surface area contributed by atoms with Gasteiger partial charge in [0.25, 0.3) is 5.91 Å². The number of nitrogens with zero attached hydrogens (tertiary/aromatic N) is 3. The van der Waals surface area contributed by atoms with Gasteiger partial charge in [0.05, 0.1) is 30.5 Å². The molecule has 1 saturated heterocycles. The number of hydrogen-bond acceptors (Lipinski definition) is 7. The van der Waals surface area contributed by atoms with E-state index in [-0.39, 0.29) is 25.5 Å². The summed E-state index contributed by atoms with van der Waals surface area (Å²) in [5, 5.41) is 22.8. The van der Waals surface area contributed by atoms with E-state index in [4.69, 9.17) is 0 Å². The summed E-state index contributed by atoms with van der Waals surface area (Å²) in [6.45, 7) is 9.17. The molecule has 2 atom stereocenters. The number of carbonyl (C=O) groups excluding carboxylic acids is 5. The summed E-state index contributed by atoms with van der Waals surface area (Å²) in [5.41, 5.74) is 2.70. The first-order valence-electron chi connectivity index (χ1n) is 13.1. The summed E-state index contributed by atoms with van der Waals surface area (Å²) in [4.78, 5) is 67.9. The van der Waals surface area contributed by atoms with Crippen LogP contribution >= 0.6 is 0 Å². The van der Waals surface area contributed by atoms with Crippen molar-refractivity contribution in [3.05, 3.63) is 35.9 Å². The van der Waals surface area contributed by atoms with Crippen molar-refractivity contribution in [2.24, 2.45) is 17.8 Å². The van der Waals surface area contributed by atoms with Crippen molar-refractivity contribution < 1.29 is 34.3 Å². The molecule has 0 spiro atoms. The number of aliphatic hydroxyl groups is 1. The van der Waals surface area contributed by atoms with Crippen LogP contribution in [0.1, 0.15) is 53.5 Å². The van der Waals surface area contributed by atoms with Crippen LogP contribution < -0.4 is 16.2 Å². The third kappa shape index (κ3) is 7.69. The molecule has 222 valence electrons. The Morgan fingerprint density at radius 1 is 1.05 bits per heavy atom. The maximum atomic E-state index is 13.8. The Kier molecular flexibility index (Phi) is 10.6. The van der Waals surface area contributed by atoms with Gasteiger partial charge < -0.3 is 15.3 Å². The Bertz CT molecular complexity index is 1090. The van der Waals surface area contributed by atoms with E-state index in [1.54, 1.807) is 63.5 Å². The summed E-state index contributed by atoms with van der Waals surface area (Å²) in [5.74, 6) is -4.79. The number of hydrazine groups is 1. The molecule has 0 aliphatic carbocycles. The van der Waals surface area contributed by atoms with E-state index in [9.17, 15) is 34.3 Å². The number of likely N-dealkylation sites (N-methyl/N-ethyl adjacent to an activating group) is 1. The van der Waals surface area contributed by atoms with Crippen molar-refractivity contribution in [2.75, 3.05) is 20.2 Å². The second-order valence-electron chi connectivity index (χ2n) is 11.7. The molecule has 1 fully saturated rings. The highest BCUT2D eigenvalue weighted by atomic mass is 16.5. The van der Waals surface area contributed by atoms with Crippen LogP contribution in [0.25, 0.3) is 0 Å². The first-order valence-corrected chi connectivity index (χ1v) is 13.1. The van der Waals surface area contributed by atoms with Gasteiger partial charge in [-0.15, -0.1) is 0 Å². The number of imide groups is 1. The second-order valence-corrected chi connectivity index (χ2v) is 11.7. The van der Waals surface area contributed by atoms with E-state index >= 15 is 0 Å². The summed E-state index contributed by atoms with van der Waals surface area (Å²) < 4.78 is 0. The van der Waals surface area contributed by atoms with Crippen LogP contribution in [-0.2, 0) is 20.9 Å². The number of hydroxylamine groups is 1. The molecule has 1 aliphatic rings. The molecule has 1 aromatic rings. The largest absolute Gasteiger partial charge is 0.394 e. The van der Waals surface area contributed by atoms with E-state index < -0.39 is 59.2 Å². The van der Waals surface area contributed by atoms with Crippen molar-refractivity contribution >= 4 is 29.8 Å². The first-order chi connectivity index (χ1) is 18.5. The van der Waals surface area contributed by atoms with Crippen molar-refractivity contribution in [2.45, 2.75) is 65.6 Å². The molecular formula is C27H42N6O7. The summed E-state index contributed by atoms with van der Waals surface area (Å²) in [6.07, 6.45) is 0.141. The number of carbonyl (C=O) groups is 5. The van der Waals surface area contributed by atoms with Crippen molar-refractivity contribution in [3.8, 4) is 0 Å². The van der Waals surface area contributed by atoms with Gasteiger partial charge in [-0.2, -0.15) is 0 Å². The summed E-state index contributed by atoms with van der Waals surface area (Å²) in [6, 6.07) is 7.55. The van der Waals surface area contributed by atoms with Crippen molar-refractivity contribution in [1.82, 2.24) is 31.0 Å². The average Bonchev–Trinajstić information content (AvgIpc) is 3.04. The van der Waals surface area contributed by atoms with Gasteiger partial charge in [-0.3, -0.25) is 29.9 Å². The summed E-state index contributed by atoms with van der Waals surface area (Å²) in [7, 11) is 1.47. The van der Waals surface area contributed by atoms with Crippen molar-refractivity contribution in [1.29, 1.82) is 0 Å². The lowest BCUT2D eigenvalue weighted by Crippen LogP contribution is -2.58. The second kappa shape index (κ2) is 13.1. The van der Waals surface area contributed by atoms with Crippen LogP contribution in [0.4, 0.5) is 9.59 Å². The van der Waals surface area contributed by atoms with E-state index in [2.05, 4.69) is 10.7 Å². The van der Waals surface area contributed by atoms with E-state index in [0.29, 0.717) is 5.56 Å². The molecular weight excluding hydrogens is 520 g/mol. The number of urea groups is 2. The molecule has 1 heterocycles. The van der Waals surface area contributed by atoms with Gasteiger partial charge in [0.2, 0.25) is 11.8 Å². The zero-order valence-electron chi connectivity index (χ0n) is 24.2. The Balaban J connectivity index is 2.43. The smallest absolute Gasteiger partial charge is 0.336 e. The quantitative estimate of drug-likeness (QED) is 0.154. The fourth-order valence-corrected chi connectivity index (χ4v) is 4.32. The van der Waals surface area contributed by atoms with Gasteiger partial charge >= 0.3 is 12.1 Å². The maximum Gasteiger partial charge on any atom is 0.336 e. The fraction of sp³-hybridized carbons (Fsp3) is 0.593. The molecule has 1 unspecified atom stereocenters. The van der Waals surface area contributed by atoms with Crippen molar-refractivity contribution in [3.63, 3.8) is 0 Å². The normalized spacial score (nSPS) is 16.6. The molecule has 2 rings (SSSR count). The Labute approximate surface area is 234 Å².